The molecule has 1 amide bonds. The number of piperazine rings is 1. The molecule has 1 fully saturated rings. The number of rotatable bonds is 7. The predicted octanol–water partition coefficient (Wildman–Crippen LogP) is 4.32. The molecule has 0 aliphatic carbocycles. The van der Waals surface area contributed by atoms with Crippen LogP contribution in [-0.4, -0.2) is 55.0 Å². The second-order valence-corrected chi connectivity index (χ2v) is 11.2. The lowest BCUT2D eigenvalue weighted by Gasteiger charge is -2.34. The van der Waals surface area contributed by atoms with Crippen molar-refractivity contribution in [3.8, 4) is 11.3 Å². The summed E-state index contributed by atoms with van der Waals surface area (Å²) in [6.07, 6.45) is 1.19. The molecule has 0 radical (unpaired) electrons. The molecule has 2 aromatic carbocycles. The Labute approximate surface area is 213 Å². The molecule has 2 heterocycles. The standard InChI is InChI=1S/C27H33N5O3S/c1-5-6-27(33)28-22-7-9-23(10-8-22)36(34,35)32-15-13-31(14-16-32)26-12-11-25(29-30-26)24-18-20(3)19(2)17-21(24)4/h7-12,17-18H,5-6,13-16H2,1-4H3,(H,28,33). The van der Waals surface area contributed by atoms with Crippen LogP contribution in [-0.2, 0) is 14.8 Å². The van der Waals surface area contributed by atoms with Gasteiger partial charge in [-0.05, 0) is 86.3 Å². The summed E-state index contributed by atoms with van der Waals surface area (Å²) in [5, 5.41) is 11.7. The lowest BCUT2D eigenvalue weighted by molar-refractivity contribution is -0.116. The summed E-state index contributed by atoms with van der Waals surface area (Å²) in [4.78, 5) is 14.0. The molecule has 9 heteroatoms. The fraction of sp³-hybridized carbons (Fsp3) is 0.370. The van der Waals surface area contributed by atoms with Crippen molar-refractivity contribution in [2.24, 2.45) is 0 Å². The number of sulfonamides is 1. The number of carbonyl (C=O) groups is 1. The summed E-state index contributed by atoms with van der Waals surface area (Å²) in [5.74, 6) is 0.661. The molecule has 1 aliphatic rings. The fourth-order valence-corrected chi connectivity index (χ4v) is 5.76. The molecule has 0 bridgehead atoms. The number of aryl methyl sites for hydroxylation is 3. The van der Waals surface area contributed by atoms with Crippen LogP contribution in [0.2, 0.25) is 0 Å². The van der Waals surface area contributed by atoms with E-state index in [1.165, 1.54) is 15.4 Å². The third-order valence-electron chi connectivity index (χ3n) is 6.58. The van der Waals surface area contributed by atoms with Crippen LogP contribution in [0.1, 0.15) is 36.5 Å². The highest BCUT2D eigenvalue weighted by atomic mass is 32.2. The zero-order chi connectivity index (χ0) is 25.9. The minimum atomic E-state index is -3.62. The average Bonchev–Trinajstić information content (AvgIpc) is 2.87. The molecule has 0 atom stereocenters. The van der Waals surface area contributed by atoms with Gasteiger partial charge < -0.3 is 10.2 Å². The molecule has 0 spiro atoms. The first kappa shape index (κ1) is 25.8. The largest absolute Gasteiger partial charge is 0.352 e. The van der Waals surface area contributed by atoms with Crippen molar-refractivity contribution in [3.05, 3.63) is 65.2 Å². The van der Waals surface area contributed by atoms with Crippen molar-refractivity contribution < 1.29 is 13.2 Å². The van der Waals surface area contributed by atoms with Gasteiger partial charge in [0.05, 0.1) is 10.6 Å². The van der Waals surface area contributed by atoms with Crippen LogP contribution in [0, 0.1) is 20.8 Å². The van der Waals surface area contributed by atoms with E-state index in [9.17, 15) is 13.2 Å². The van der Waals surface area contributed by atoms with Gasteiger partial charge in [-0.3, -0.25) is 4.79 Å². The van der Waals surface area contributed by atoms with Gasteiger partial charge >= 0.3 is 0 Å². The number of amides is 1. The Morgan fingerprint density at radius 3 is 2.17 bits per heavy atom. The van der Waals surface area contributed by atoms with Gasteiger partial charge in [-0.15, -0.1) is 10.2 Å². The summed E-state index contributed by atoms with van der Waals surface area (Å²) in [7, 11) is -3.62. The quantitative estimate of drug-likeness (QED) is 0.512. The number of aromatic nitrogens is 2. The third kappa shape index (κ3) is 5.57. The van der Waals surface area contributed by atoms with E-state index < -0.39 is 10.0 Å². The van der Waals surface area contributed by atoms with Crippen LogP contribution in [0.4, 0.5) is 11.5 Å². The summed E-state index contributed by atoms with van der Waals surface area (Å²) in [5.41, 5.74) is 6.13. The second-order valence-electron chi connectivity index (χ2n) is 9.24. The van der Waals surface area contributed by atoms with Gasteiger partial charge in [0, 0.05) is 43.9 Å². The fourth-order valence-electron chi connectivity index (χ4n) is 4.34. The van der Waals surface area contributed by atoms with Crippen molar-refractivity contribution in [1.29, 1.82) is 0 Å². The first-order chi connectivity index (χ1) is 17.2. The van der Waals surface area contributed by atoms with E-state index in [-0.39, 0.29) is 10.8 Å². The van der Waals surface area contributed by atoms with Crippen molar-refractivity contribution in [2.75, 3.05) is 36.4 Å². The molecule has 1 aliphatic heterocycles. The van der Waals surface area contributed by atoms with Gasteiger partial charge in [0.25, 0.3) is 0 Å². The molecule has 8 nitrogen and oxygen atoms in total. The molecule has 1 aromatic heterocycles. The van der Waals surface area contributed by atoms with Crippen molar-refractivity contribution in [3.63, 3.8) is 0 Å². The molecule has 190 valence electrons. The van der Waals surface area contributed by atoms with Gasteiger partial charge in [-0.2, -0.15) is 4.31 Å². The smallest absolute Gasteiger partial charge is 0.243 e. The van der Waals surface area contributed by atoms with E-state index in [0.717, 1.165) is 29.1 Å². The van der Waals surface area contributed by atoms with Crippen LogP contribution < -0.4 is 10.2 Å². The molecular formula is C27H33N5O3S. The highest BCUT2D eigenvalue weighted by Crippen LogP contribution is 2.26. The van der Waals surface area contributed by atoms with Crippen molar-refractivity contribution in [2.45, 2.75) is 45.4 Å². The molecule has 0 unspecified atom stereocenters. The first-order valence-corrected chi connectivity index (χ1v) is 13.7. The zero-order valence-electron chi connectivity index (χ0n) is 21.3. The van der Waals surface area contributed by atoms with Crippen molar-refractivity contribution >= 4 is 27.4 Å². The SMILES string of the molecule is CCCC(=O)Nc1ccc(S(=O)(=O)N2CCN(c3ccc(-c4cc(C)c(C)cc4C)nn3)CC2)cc1. The Balaban J connectivity index is 1.39. The summed E-state index contributed by atoms with van der Waals surface area (Å²) >= 11 is 0. The van der Waals surface area contributed by atoms with E-state index in [1.807, 2.05) is 19.1 Å². The lowest BCUT2D eigenvalue weighted by Crippen LogP contribution is -2.49. The van der Waals surface area contributed by atoms with Gasteiger partial charge in [0.1, 0.15) is 0 Å². The summed E-state index contributed by atoms with van der Waals surface area (Å²) in [6, 6.07) is 14.6. The minimum Gasteiger partial charge on any atom is -0.352 e. The van der Waals surface area contributed by atoms with E-state index in [2.05, 4.69) is 53.3 Å². The Morgan fingerprint density at radius 2 is 1.56 bits per heavy atom. The minimum absolute atomic E-state index is 0.0792. The molecular weight excluding hydrogens is 474 g/mol. The lowest BCUT2D eigenvalue weighted by atomic mass is 9.99. The monoisotopic (exact) mass is 507 g/mol. The average molecular weight is 508 g/mol. The first-order valence-electron chi connectivity index (χ1n) is 12.3. The van der Waals surface area contributed by atoms with Crippen LogP contribution >= 0.6 is 0 Å². The maximum absolute atomic E-state index is 13.1. The molecule has 36 heavy (non-hydrogen) atoms. The predicted molar refractivity (Wildman–Crippen MR) is 143 cm³/mol. The normalized spacial score (nSPS) is 14.6. The number of nitrogens with zero attached hydrogens (tertiary/aromatic N) is 4. The van der Waals surface area contributed by atoms with Gasteiger partial charge in [-0.1, -0.05) is 13.0 Å². The Kier molecular flexibility index (Phi) is 7.70. The summed E-state index contributed by atoms with van der Waals surface area (Å²) < 4.78 is 27.8. The molecule has 3 aromatic rings. The summed E-state index contributed by atoms with van der Waals surface area (Å²) in [6.45, 7) is 9.98. The highest BCUT2D eigenvalue weighted by Gasteiger charge is 2.29. The Morgan fingerprint density at radius 1 is 0.889 bits per heavy atom. The number of benzene rings is 2. The molecule has 0 saturated carbocycles. The number of anilines is 2. The number of hydrogen-bond acceptors (Lipinski definition) is 6. The van der Waals surface area contributed by atoms with Gasteiger partial charge in [-0.25, -0.2) is 8.42 Å². The maximum Gasteiger partial charge on any atom is 0.243 e. The van der Waals surface area contributed by atoms with Crippen LogP contribution in [0.15, 0.2) is 53.4 Å². The third-order valence-corrected chi connectivity index (χ3v) is 8.50. The van der Waals surface area contributed by atoms with E-state index in [4.69, 9.17) is 0 Å². The maximum atomic E-state index is 13.1. The van der Waals surface area contributed by atoms with Crippen LogP contribution in [0.5, 0.6) is 0 Å². The Hall–Kier alpha value is -3.30. The van der Waals surface area contributed by atoms with E-state index in [0.29, 0.717) is 38.3 Å². The highest BCUT2D eigenvalue weighted by molar-refractivity contribution is 7.89. The Bertz CT molecular complexity index is 1330. The van der Waals surface area contributed by atoms with Gasteiger partial charge in [0.15, 0.2) is 5.82 Å². The topological polar surface area (TPSA) is 95.5 Å². The van der Waals surface area contributed by atoms with Gasteiger partial charge in [0.2, 0.25) is 15.9 Å². The second kappa shape index (κ2) is 10.8. The zero-order valence-corrected chi connectivity index (χ0v) is 22.1. The molecule has 4 rings (SSSR count). The van der Waals surface area contributed by atoms with Crippen molar-refractivity contribution in [1.82, 2.24) is 14.5 Å². The molecule has 1 saturated heterocycles. The number of nitrogens with one attached hydrogen (secondary N) is 1. The van der Waals surface area contributed by atoms with Crippen LogP contribution in [0.3, 0.4) is 0 Å². The molecule has 1 N–H and O–H groups in total. The number of carbonyl (C=O) groups excluding carboxylic acids is 1. The van der Waals surface area contributed by atoms with E-state index >= 15 is 0 Å². The van der Waals surface area contributed by atoms with Crippen LogP contribution in [0.25, 0.3) is 11.3 Å². The van der Waals surface area contributed by atoms with E-state index in [1.54, 1.807) is 24.3 Å². The number of hydrogen-bond donors (Lipinski definition) is 1.